The number of likely N-dealkylation sites (tertiary alicyclic amines) is 1. The topological polar surface area (TPSA) is 64.8 Å². The molecule has 0 aromatic heterocycles. The van der Waals surface area contributed by atoms with Crippen molar-refractivity contribution >= 4 is 5.91 Å². The number of nitrogens with two attached hydrogens (primary N) is 1. The van der Waals surface area contributed by atoms with Gasteiger partial charge >= 0.3 is 0 Å². The lowest BCUT2D eigenvalue weighted by molar-refractivity contribution is -0.143. The molecule has 1 amide bonds. The van der Waals surface area contributed by atoms with Crippen molar-refractivity contribution < 1.29 is 18.7 Å². The molecule has 0 radical (unpaired) electrons. The normalized spacial score (nSPS) is 27.1. The van der Waals surface area contributed by atoms with Crippen LogP contribution in [0.3, 0.4) is 0 Å². The van der Waals surface area contributed by atoms with Crippen LogP contribution in [0.5, 0.6) is 5.75 Å². The van der Waals surface area contributed by atoms with E-state index in [1.54, 1.807) is 13.2 Å². The Morgan fingerprint density at radius 3 is 2.63 bits per heavy atom. The van der Waals surface area contributed by atoms with Crippen LogP contribution in [0, 0.1) is 24.6 Å². The molecule has 1 aromatic rings. The minimum atomic E-state index is -0.331. The number of methoxy groups -OCH3 is 1. The Morgan fingerprint density at radius 1 is 1.37 bits per heavy atom. The molecular formula is C21H31FN2O3. The first-order valence-corrected chi connectivity index (χ1v) is 9.81. The van der Waals surface area contributed by atoms with Gasteiger partial charge in [-0.15, -0.1) is 0 Å². The number of halogens is 1. The van der Waals surface area contributed by atoms with E-state index < -0.39 is 0 Å². The number of hydrogen-bond donors (Lipinski definition) is 1. The predicted molar refractivity (Wildman–Crippen MR) is 102 cm³/mol. The fourth-order valence-electron chi connectivity index (χ4n) is 4.39. The van der Waals surface area contributed by atoms with Crippen LogP contribution in [0.25, 0.3) is 0 Å². The van der Waals surface area contributed by atoms with Crippen LogP contribution < -0.4 is 10.5 Å². The average Bonchev–Trinajstić information content (AvgIpc) is 2.61. The second kappa shape index (κ2) is 8.15. The van der Waals surface area contributed by atoms with E-state index >= 15 is 0 Å². The zero-order valence-electron chi connectivity index (χ0n) is 16.5. The molecule has 6 heteroatoms. The number of nitrogens with zero attached hydrogens (tertiary/aromatic N) is 1. The van der Waals surface area contributed by atoms with Crippen molar-refractivity contribution in [2.24, 2.45) is 17.6 Å². The highest BCUT2D eigenvalue weighted by Crippen LogP contribution is 2.38. The molecule has 1 aliphatic carbocycles. The van der Waals surface area contributed by atoms with Crippen molar-refractivity contribution in [1.82, 2.24) is 4.90 Å². The van der Waals surface area contributed by atoms with E-state index in [9.17, 15) is 9.18 Å². The second-order valence-corrected chi connectivity index (χ2v) is 8.30. The third-order valence-electron chi connectivity index (χ3n) is 6.05. The lowest BCUT2D eigenvalue weighted by atomic mass is 9.68. The lowest BCUT2D eigenvalue weighted by Gasteiger charge is -2.46. The maximum absolute atomic E-state index is 13.2. The molecule has 2 N–H and O–H groups in total. The van der Waals surface area contributed by atoms with E-state index in [1.807, 2.05) is 11.8 Å². The third-order valence-corrected chi connectivity index (χ3v) is 6.05. The molecule has 1 heterocycles. The number of carbonyl (C=O) groups is 1. The van der Waals surface area contributed by atoms with Crippen LogP contribution in [-0.4, -0.2) is 49.3 Å². The van der Waals surface area contributed by atoms with E-state index in [-0.39, 0.29) is 29.3 Å². The van der Waals surface area contributed by atoms with Crippen LogP contribution in [0.15, 0.2) is 18.2 Å². The summed E-state index contributed by atoms with van der Waals surface area (Å²) in [7, 11) is 1.64. The molecule has 1 saturated heterocycles. The molecule has 1 saturated carbocycles. The predicted octanol–water partition coefficient (Wildman–Crippen LogP) is 2.89. The summed E-state index contributed by atoms with van der Waals surface area (Å²) in [5.41, 5.74) is 6.67. The Labute approximate surface area is 161 Å². The number of amides is 1. The molecular weight excluding hydrogens is 347 g/mol. The Balaban J connectivity index is 1.46. The Bertz CT molecular complexity index is 667. The third kappa shape index (κ3) is 4.61. The number of ether oxygens (including phenoxy) is 2. The summed E-state index contributed by atoms with van der Waals surface area (Å²) in [6, 6.07) is 4.61. The fourth-order valence-corrected chi connectivity index (χ4v) is 4.39. The summed E-state index contributed by atoms with van der Waals surface area (Å²) in [5.74, 6) is 1.14. The van der Waals surface area contributed by atoms with E-state index in [2.05, 4.69) is 6.92 Å². The molecule has 2 fully saturated rings. The van der Waals surface area contributed by atoms with Gasteiger partial charge in [-0.1, -0.05) is 0 Å². The van der Waals surface area contributed by atoms with Crippen LogP contribution in [0.4, 0.5) is 4.39 Å². The monoisotopic (exact) mass is 378 g/mol. The number of carbonyl (C=O) groups excluding carboxylic acids is 1. The summed E-state index contributed by atoms with van der Waals surface area (Å²) >= 11 is 0. The number of hydrogen-bond acceptors (Lipinski definition) is 4. The van der Waals surface area contributed by atoms with Crippen LogP contribution in [-0.2, 0) is 9.53 Å². The largest absolute Gasteiger partial charge is 0.490 e. The van der Waals surface area contributed by atoms with Crippen molar-refractivity contribution in [2.75, 3.05) is 26.8 Å². The van der Waals surface area contributed by atoms with Crippen LogP contribution in [0.2, 0.25) is 0 Å². The van der Waals surface area contributed by atoms with Gasteiger partial charge in [0.2, 0.25) is 5.91 Å². The van der Waals surface area contributed by atoms with Crippen LogP contribution >= 0.6 is 0 Å². The fraction of sp³-hybridized carbons (Fsp3) is 0.667. The molecule has 2 aliphatic rings. The molecule has 1 atom stereocenters. The molecule has 1 aliphatic heterocycles. The molecule has 1 aromatic carbocycles. The summed E-state index contributed by atoms with van der Waals surface area (Å²) in [5, 5.41) is 0. The number of piperidine rings is 1. The first-order chi connectivity index (χ1) is 12.8. The summed E-state index contributed by atoms with van der Waals surface area (Å²) in [4.78, 5) is 14.7. The van der Waals surface area contributed by atoms with Gasteiger partial charge in [-0.25, -0.2) is 4.39 Å². The van der Waals surface area contributed by atoms with Gasteiger partial charge in [-0.05, 0) is 69.2 Å². The highest BCUT2D eigenvalue weighted by Gasteiger charge is 2.46. The lowest BCUT2D eigenvalue weighted by Crippen LogP contribution is -2.59. The molecule has 5 nitrogen and oxygen atoms in total. The van der Waals surface area contributed by atoms with Gasteiger partial charge in [0, 0.05) is 31.7 Å². The smallest absolute Gasteiger partial charge is 0.225 e. The van der Waals surface area contributed by atoms with Crippen molar-refractivity contribution in [2.45, 2.75) is 51.2 Å². The van der Waals surface area contributed by atoms with Gasteiger partial charge in [0.05, 0.1) is 12.7 Å². The van der Waals surface area contributed by atoms with E-state index in [0.717, 1.165) is 37.2 Å². The van der Waals surface area contributed by atoms with Gasteiger partial charge in [-0.2, -0.15) is 0 Å². The Morgan fingerprint density at radius 2 is 2.04 bits per heavy atom. The Kier molecular flexibility index (Phi) is 6.06. The minimum absolute atomic E-state index is 0.0357. The van der Waals surface area contributed by atoms with Crippen LogP contribution in [0.1, 0.15) is 38.2 Å². The van der Waals surface area contributed by atoms with Gasteiger partial charge in [0.25, 0.3) is 0 Å². The number of aryl methyl sites for hydroxylation is 1. The first-order valence-electron chi connectivity index (χ1n) is 9.81. The molecule has 1 unspecified atom stereocenters. The van der Waals surface area contributed by atoms with Crippen molar-refractivity contribution in [3.63, 3.8) is 0 Å². The van der Waals surface area contributed by atoms with Crippen molar-refractivity contribution in [3.8, 4) is 5.75 Å². The SMILES string of the molecule is COC[C@]1(N)C[C@@H](C(=O)N2CCC(C(C)Oc3ccc(F)cc3C)CC2)C1. The maximum atomic E-state index is 13.2. The summed E-state index contributed by atoms with van der Waals surface area (Å²) < 4.78 is 24.5. The van der Waals surface area contributed by atoms with Gasteiger partial charge < -0.3 is 20.1 Å². The summed E-state index contributed by atoms with van der Waals surface area (Å²) in [6.07, 6.45) is 3.30. The van der Waals surface area contributed by atoms with E-state index in [1.165, 1.54) is 12.1 Å². The van der Waals surface area contributed by atoms with Gasteiger partial charge in [0.1, 0.15) is 11.6 Å². The number of benzene rings is 1. The Hall–Kier alpha value is -1.66. The summed E-state index contributed by atoms with van der Waals surface area (Å²) in [6.45, 7) is 5.95. The highest BCUT2D eigenvalue weighted by atomic mass is 19.1. The molecule has 0 spiro atoms. The first kappa shape index (κ1) is 20.1. The molecule has 0 bridgehead atoms. The minimum Gasteiger partial charge on any atom is -0.490 e. The van der Waals surface area contributed by atoms with E-state index in [4.69, 9.17) is 15.2 Å². The second-order valence-electron chi connectivity index (χ2n) is 8.30. The van der Waals surface area contributed by atoms with Gasteiger partial charge in [0.15, 0.2) is 0 Å². The number of rotatable bonds is 6. The standard InChI is InChI=1S/C21H31FN2O3/c1-14-10-18(22)4-5-19(14)27-15(2)16-6-8-24(9-7-16)20(25)17-11-21(23,12-17)13-26-3/h4-5,10,15-17H,6-9,11-13,23H2,1-3H3/t15?,17-,21+. The highest BCUT2D eigenvalue weighted by molar-refractivity contribution is 5.80. The zero-order valence-corrected chi connectivity index (χ0v) is 16.5. The molecule has 27 heavy (non-hydrogen) atoms. The quantitative estimate of drug-likeness (QED) is 0.827. The van der Waals surface area contributed by atoms with Crippen molar-refractivity contribution in [1.29, 1.82) is 0 Å². The average molecular weight is 378 g/mol. The van der Waals surface area contributed by atoms with Gasteiger partial charge in [-0.3, -0.25) is 4.79 Å². The van der Waals surface area contributed by atoms with Crippen molar-refractivity contribution in [3.05, 3.63) is 29.6 Å². The zero-order chi connectivity index (χ0) is 19.6. The molecule has 150 valence electrons. The maximum Gasteiger partial charge on any atom is 0.225 e. The van der Waals surface area contributed by atoms with E-state index in [0.29, 0.717) is 25.4 Å². The molecule has 3 rings (SSSR count).